The highest BCUT2D eigenvalue weighted by Crippen LogP contribution is 2.41. The first kappa shape index (κ1) is 17.8. The normalized spacial score (nSPS) is 21.8. The first-order valence-corrected chi connectivity index (χ1v) is 9.21. The Morgan fingerprint density at radius 2 is 2.00 bits per heavy atom. The van der Waals surface area contributed by atoms with Crippen molar-refractivity contribution < 1.29 is 4.79 Å². The van der Waals surface area contributed by atoms with Gasteiger partial charge in [0, 0.05) is 22.8 Å². The minimum Gasteiger partial charge on any atom is -0.355 e. The fourth-order valence-corrected chi connectivity index (χ4v) is 4.79. The second-order valence-corrected chi connectivity index (χ2v) is 7.51. The number of carbonyl (C=O) groups excluding carboxylic acids is 1. The number of halogens is 1. The molecule has 3 rings (SSSR count). The molecule has 124 valence electrons. The van der Waals surface area contributed by atoms with Crippen LogP contribution in [-0.2, 0) is 10.2 Å². The third-order valence-corrected chi connectivity index (χ3v) is 6.28. The molecule has 22 heavy (non-hydrogen) atoms. The molecule has 2 N–H and O–H groups in total. The lowest BCUT2D eigenvalue weighted by molar-refractivity contribution is -0.126. The molecular weight excluding hydrogens is 316 g/mol. The molecule has 0 atom stereocenters. The second kappa shape index (κ2) is 8.32. The van der Waals surface area contributed by atoms with Gasteiger partial charge in [0.15, 0.2) is 0 Å². The maximum Gasteiger partial charge on any atom is 0.223 e. The lowest BCUT2D eigenvalue weighted by atomic mass is 9.73. The molecule has 1 aromatic heterocycles. The van der Waals surface area contributed by atoms with E-state index in [1.54, 1.807) is 0 Å². The van der Waals surface area contributed by atoms with Crippen molar-refractivity contribution in [2.24, 2.45) is 5.92 Å². The number of nitrogens with one attached hydrogen (secondary N) is 2. The van der Waals surface area contributed by atoms with E-state index < -0.39 is 0 Å². The molecule has 2 aliphatic rings. The molecule has 0 unspecified atom stereocenters. The molecule has 2 heterocycles. The number of hydrogen-bond donors (Lipinski definition) is 2. The molecule has 0 radical (unpaired) electrons. The van der Waals surface area contributed by atoms with Crippen LogP contribution in [-0.4, -0.2) is 25.5 Å². The van der Waals surface area contributed by atoms with Crippen molar-refractivity contribution >= 4 is 29.7 Å². The molecule has 3 nitrogen and oxygen atoms in total. The number of hydrogen-bond acceptors (Lipinski definition) is 3. The molecule has 0 spiro atoms. The van der Waals surface area contributed by atoms with Gasteiger partial charge in [0.2, 0.25) is 5.91 Å². The monoisotopic (exact) mass is 342 g/mol. The Labute approximate surface area is 143 Å². The average Bonchev–Trinajstić information content (AvgIpc) is 3.09. The van der Waals surface area contributed by atoms with E-state index in [1.807, 2.05) is 11.3 Å². The first-order valence-electron chi connectivity index (χ1n) is 8.33. The van der Waals surface area contributed by atoms with Gasteiger partial charge in [-0.05, 0) is 50.2 Å². The van der Waals surface area contributed by atoms with Crippen molar-refractivity contribution in [3.05, 3.63) is 22.4 Å². The van der Waals surface area contributed by atoms with Gasteiger partial charge in [-0.15, -0.1) is 23.7 Å². The highest BCUT2D eigenvalue weighted by Gasteiger charge is 2.35. The summed E-state index contributed by atoms with van der Waals surface area (Å²) in [4.78, 5) is 13.9. The van der Waals surface area contributed by atoms with Crippen LogP contribution < -0.4 is 10.6 Å². The van der Waals surface area contributed by atoms with E-state index in [1.165, 1.54) is 37.0 Å². The molecule has 2 fully saturated rings. The summed E-state index contributed by atoms with van der Waals surface area (Å²) in [6, 6.07) is 4.40. The highest BCUT2D eigenvalue weighted by atomic mass is 35.5. The zero-order valence-electron chi connectivity index (χ0n) is 13.1. The molecular formula is C17H27ClN2OS. The number of amides is 1. The molecule has 1 aliphatic carbocycles. The van der Waals surface area contributed by atoms with Crippen LogP contribution in [0.3, 0.4) is 0 Å². The largest absolute Gasteiger partial charge is 0.355 e. The number of piperidine rings is 1. The first-order chi connectivity index (χ1) is 10.3. The van der Waals surface area contributed by atoms with Gasteiger partial charge in [0.1, 0.15) is 0 Å². The van der Waals surface area contributed by atoms with Crippen LogP contribution in [0.15, 0.2) is 17.5 Å². The van der Waals surface area contributed by atoms with E-state index in [0.29, 0.717) is 0 Å². The lowest BCUT2D eigenvalue weighted by Crippen LogP contribution is -2.45. The van der Waals surface area contributed by atoms with Gasteiger partial charge in [-0.1, -0.05) is 25.3 Å². The van der Waals surface area contributed by atoms with E-state index >= 15 is 0 Å². The Morgan fingerprint density at radius 3 is 2.64 bits per heavy atom. The van der Waals surface area contributed by atoms with E-state index in [2.05, 4.69) is 28.1 Å². The summed E-state index contributed by atoms with van der Waals surface area (Å²) in [7, 11) is 0. The highest BCUT2D eigenvalue weighted by molar-refractivity contribution is 7.10. The zero-order valence-corrected chi connectivity index (χ0v) is 14.7. The smallest absolute Gasteiger partial charge is 0.223 e. The van der Waals surface area contributed by atoms with Crippen molar-refractivity contribution in [1.82, 2.24) is 10.6 Å². The van der Waals surface area contributed by atoms with E-state index in [9.17, 15) is 4.79 Å². The molecule has 1 aliphatic heterocycles. The van der Waals surface area contributed by atoms with Crippen LogP contribution in [0, 0.1) is 5.92 Å². The second-order valence-electron chi connectivity index (χ2n) is 6.56. The summed E-state index contributed by atoms with van der Waals surface area (Å²) in [6.45, 7) is 2.79. The van der Waals surface area contributed by atoms with Gasteiger partial charge in [0.05, 0.1) is 0 Å². The van der Waals surface area contributed by atoms with E-state index in [0.717, 1.165) is 32.5 Å². The van der Waals surface area contributed by atoms with Gasteiger partial charge in [0.25, 0.3) is 0 Å². The third kappa shape index (κ3) is 4.03. The van der Waals surface area contributed by atoms with Crippen LogP contribution in [0.2, 0.25) is 0 Å². The zero-order chi connectivity index (χ0) is 14.5. The summed E-state index contributed by atoms with van der Waals surface area (Å²) in [5.41, 5.74) is 0.203. The quantitative estimate of drug-likeness (QED) is 0.879. The van der Waals surface area contributed by atoms with Crippen molar-refractivity contribution in [3.63, 3.8) is 0 Å². The maximum absolute atomic E-state index is 12.4. The molecule has 1 saturated heterocycles. The van der Waals surface area contributed by atoms with Crippen molar-refractivity contribution in [1.29, 1.82) is 0 Å². The Kier molecular flexibility index (Phi) is 6.72. The molecule has 5 heteroatoms. The summed E-state index contributed by atoms with van der Waals surface area (Å²) < 4.78 is 0. The Morgan fingerprint density at radius 1 is 1.27 bits per heavy atom. The number of rotatable bonds is 4. The van der Waals surface area contributed by atoms with Crippen LogP contribution in [0.5, 0.6) is 0 Å². The van der Waals surface area contributed by atoms with Crippen LogP contribution in [0.4, 0.5) is 0 Å². The molecule has 1 aromatic rings. The fourth-order valence-electron chi connectivity index (χ4n) is 3.80. The average molecular weight is 343 g/mol. The lowest BCUT2D eigenvalue weighted by Gasteiger charge is -2.37. The minimum absolute atomic E-state index is 0. The predicted octanol–water partition coefficient (Wildman–Crippen LogP) is 3.49. The maximum atomic E-state index is 12.4. The van der Waals surface area contributed by atoms with Crippen molar-refractivity contribution in [2.45, 2.75) is 50.4 Å². The van der Waals surface area contributed by atoms with Gasteiger partial charge >= 0.3 is 0 Å². The Balaban J connectivity index is 0.00000176. The van der Waals surface area contributed by atoms with E-state index in [-0.39, 0.29) is 29.6 Å². The van der Waals surface area contributed by atoms with Gasteiger partial charge in [-0.3, -0.25) is 4.79 Å². The van der Waals surface area contributed by atoms with Crippen LogP contribution in [0.25, 0.3) is 0 Å². The van der Waals surface area contributed by atoms with Crippen LogP contribution in [0.1, 0.15) is 49.8 Å². The standard InChI is InChI=1S/C17H26N2OS.ClH/c20-16(14-6-10-18-11-7-14)19-13-17(8-2-1-3-9-17)15-5-4-12-21-15;/h4-5,12,14,18H,1-3,6-11,13H2,(H,19,20);1H. The SMILES string of the molecule is Cl.O=C(NCC1(c2cccs2)CCCCC1)C1CCNCC1. The molecule has 1 saturated carbocycles. The van der Waals surface area contributed by atoms with Gasteiger partial charge < -0.3 is 10.6 Å². The Bertz CT molecular complexity index is 451. The Hall–Kier alpha value is -0.580. The number of thiophene rings is 1. The number of carbonyl (C=O) groups is 1. The summed E-state index contributed by atoms with van der Waals surface area (Å²) in [5.74, 6) is 0.494. The van der Waals surface area contributed by atoms with Gasteiger partial charge in [-0.2, -0.15) is 0 Å². The summed E-state index contributed by atoms with van der Waals surface area (Å²) >= 11 is 1.85. The van der Waals surface area contributed by atoms with Gasteiger partial charge in [-0.25, -0.2) is 0 Å². The molecule has 0 aromatic carbocycles. The summed E-state index contributed by atoms with van der Waals surface area (Å²) in [5, 5.41) is 8.78. The predicted molar refractivity (Wildman–Crippen MR) is 94.9 cm³/mol. The van der Waals surface area contributed by atoms with E-state index in [4.69, 9.17) is 0 Å². The molecule has 0 bridgehead atoms. The minimum atomic E-state index is 0. The third-order valence-electron chi connectivity index (χ3n) is 5.17. The van der Waals surface area contributed by atoms with Crippen molar-refractivity contribution in [3.8, 4) is 0 Å². The molecule has 1 amide bonds. The van der Waals surface area contributed by atoms with Crippen LogP contribution >= 0.6 is 23.7 Å². The fraction of sp³-hybridized carbons (Fsp3) is 0.706. The van der Waals surface area contributed by atoms with Crippen molar-refractivity contribution in [2.75, 3.05) is 19.6 Å². The topological polar surface area (TPSA) is 41.1 Å². The summed E-state index contributed by atoms with van der Waals surface area (Å²) in [6.07, 6.45) is 8.34.